The van der Waals surface area contributed by atoms with Crippen molar-refractivity contribution in [1.82, 2.24) is 5.32 Å². The van der Waals surface area contributed by atoms with E-state index in [2.05, 4.69) is 5.32 Å². The number of Topliss-reactive ketones (excluding diaryl/α,β-unsaturated/α-hetero) is 1. The third-order valence-corrected chi connectivity index (χ3v) is 6.00. The van der Waals surface area contributed by atoms with Crippen LogP contribution in [0.1, 0.15) is 43.2 Å². The number of phenols is 1. The van der Waals surface area contributed by atoms with Crippen LogP contribution in [-0.2, 0) is 20.7 Å². The van der Waals surface area contributed by atoms with Gasteiger partial charge in [-0.15, -0.1) is 0 Å². The minimum absolute atomic E-state index is 0.0149. The SMILES string of the molecule is COc1ccc(C2C(C(=O)OCCc3ccccc3)=C(C)NC3=C2C(=O)CCC3)cc1O. The maximum absolute atomic E-state index is 13.2. The van der Waals surface area contributed by atoms with Crippen LogP contribution in [0, 0.1) is 0 Å². The van der Waals surface area contributed by atoms with E-state index < -0.39 is 11.9 Å². The molecule has 6 heteroatoms. The molecule has 2 aliphatic rings. The Balaban J connectivity index is 1.66. The van der Waals surface area contributed by atoms with Gasteiger partial charge in [-0.2, -0.15) is 0 Å². The highest BCUT2D eigenvalue weighted by Crippen LogP contribution is 2.44. The average molecular weight is 434 g/mol. The summed E-state index contributed by atoms with van der Waals surface area (Å²) >= 11 is 0. The number of phenolic OH excluding ortho intramolecular Hbond substituents is 1. The highest BCUT2D eigenvalue weighted by molar-refractivity contribution is 6.03. The Bertz CT molecular complexity index is 1100. The van der Waals surface area contributed by atoms with Crippen LogP contribution < -0.4 is 10.1 Å². The second-order valence-electron chi connectivity index (χ2n) is 8.07. The highest BCUT2D eigenvalue weighted by atomic mass is 16.5. The van der Waals surface area contributed by atoms with E-state index in [4.69, 9.17) is 9.47 Å². The van der Waals surface area contributed by atoms with Crippen molar-refractivity contribution in [1.29, 1.82) is 0 Å². The van der Waals surface area contributed by atoms with Crippen molar-refractivity contribution in [3.63, 3.8) is 0 Å². The summed E-state index contributed by atoms with van der Waals surface area (Å²) in [4.78, 5) is 26.2. The van der Waals surface area contributed by atoms with Crippen molar-refractivity contribution < 1.29 is 24.2 Å². The molecule has 4 rings (SSSR count). The van der Waals surface area contributed by atoms with Crippen LogP contribution >= 0.6 is 0 Å². The molecule has 1 heterocycles. The number of nitrogens with one attached hydrogen (secondary N) is 1. The number of carbonyl (C=O) groups excluding carboxylic acids is 2. The van der Waals surface area contributed by atoms with Crippen molar-refractivity contribution in [2.75, 3.05) is 13.7 Å². The molecular weight excluding hydrogens is 406 g/mol. The van der Waals surface area contributed by atoms with Crippen LogP contribution in [0.15, 0.2) is 71.1 Å². The Morgan fingerprint density at radius 2 is 1.94 bits per heavy atom. The Morgan fingerprint density at radius 3 is 2.66 bits per heavy atom. The first-order valence-electron chi connectivity index (χ1n) is 10.8. The quantitative estimate of drug-likeness (QED) is 0.666. The fourth-order valence-corrected chi connectivity index (χ4v) is 4.46. The van der Waals surface area contributed by atoms with Crippen molar-refractivity contribution in [2.45, 2.75) is 38.5 Å². The molecular formula is C26H27NO5. The molecule has 1 aliphatic carbocycles. The number of carbonyl (C=O) groups is 2. The monoisotopic (exact) mass is 433 g/mol. The van der Waals surface area contributed by atoms with Gasteiger partial charge in [0.25, 0.3) is 0 Å². The minimum Gasteiger partial charge on any atom is -0.504 e. The maximum atomic E-state index is 13.2. The number of hydrogen-bond donors (Lipinski definition) is 2. The smallest absolute Gasteiger partial charge is 0.336 e. The van der Waals surface area contributed by atoms with Crippen LogP contribution in [-0.4, -0.2) is 30.6 Å². The molecule has 1 atom stereocenters. The van der Waals surface area contributed by atoms with Gasteiger partial charge >= 0.3 is 5.97 Å². The lowest BCUT2D eigenvalue weighted by atomic mass is 9.75. The Labute approximate surface area is 187 Å². The normalized spacial score (nSPS) is 18.2. The molecule has 0 saturated heterocycles. The minimum atomic E-state index is -0.597. The number of rotatable bonds is 6. The number of allylic oxidation sites excluding steroid dienone is 3. The Kier molecular flexibility index (Phi) is 6.30. The van der Waals surface area contributed by atoms with Gasteiger partial charge in [-0.25, -0.2) is 4.79 Å². The molecule has 0 amide bonds. The van der Waals surface area contributed by atoms with E-state index in [1.807, 2.05) is 37.3 Å². The number of ether oxygens (including phenoxy) is 2. The van der Waals surface area contributed by atoms with Crippen molar-refractivity contribution in [3.05, 3.63) is 82.2 Å². The summed E-state index contributed by atoms with van der Waals surface area (Å²) in [5.74, 6) is -0.750. The summed E-state index contributed by atoms with van der Waals surface area (Å²) in [5.41, 5.74) is 4.24. The molecule has 166 valence electrons. The average Bonchev–Trinajstić information content (AvgIpc) is 2.79. The lowest BCUT2D eigenvalue weighted by Gasteiger charge is -2.34. The van der Waals surface area contributed by atoms with Crippen LogP contribution in [0.5, 0.6) is 11.5 Å². The Hall–Kier alpha value is -3.54. The van der Waals surface area contributed by atoms with E-state index in [1.165, 1.54) is 7.11 Å². The molecule has 0 fully saturated rings. The van der Waals surface area contributed by atoms with Crippen molar-refractivity contribution >= 4 is 11.8 Å². The van der Waals surface area contributed by atoms with Gasteiger partial charge in [0, 0.05) is 35.7 Å². The number of esters is 1. The number of benzene rings is 2. The number of ketones is 1. The number of dihydropyridines is 1. The first kappa shape index (κ1) is 21.7. The van der Waals surface area contributed by atoms with E-state index in [1.54, 1.807) is 18.2 Å². The van der Waals surface area contributed by atoms with Crippen molar-refractivity contribution in [3.8, 4) is 11.5 Å². The van der Waals surface area contributed by atoms with Gasteiger partial charge in [0.2, 0.25) is 0 Å². The zero-order valence-corrected chi connectivity index (χ0v) is 18.3. The molecule has 0 spiro atoms. The van der Waals surface area contributed by atoms with Crippen molar-refractivity contribution in [2.24, 2.45) is 0 Å². The van der Waals surface area contributed by atoms with Gasteiger partial charge in [0.1, 0.15) is 0 Å². The standard InChI is InChI=1S/C26H27NO5/c1-16-23(26(30)32-14-13-17-7-4-3-5-8-17)24(18-11-12-22(31-2)21(29)15-18)25-19(27-16)9-6-10-20(25)28/h3-5,7-8,11-12,15,24,27,29H,6,9-10,13-14H2,1-2H3. The van der Waals surface area contributed by atoms with E-state index in [-0.39, 0.29) is 18.1 Å². The molecule has 2 N–H and O–H groups in total. The maximum Gasteiger partial charge on any atom is 0.336 e. The van der Waals surface area contributed by atoms with Gasteiger partial charge in [-0.1, -0.05) is 36.4 Å². The predicted octanol–water partition coefficient (Wildman–Crippen LogP) is 4.15. The fourth-order valence-electron chi connectivity index (χ4n) is 4.46. The second-order valence-corrected chi connectivity index (χ2v) is 8.07. The van der Waals surface area contributed by atoms with Gasteiger partial charge in [-0.3, -0.25) is 4.79 Å². The zero-order valence-electron chi connectivity index (χ0n) is 18.3. The number of hydrogen-bond acceptors (Lipinski definition) is 6. The lowest BCUT2D eigenvalue weighted by Crippen LogP contribution is -2.34. The molecule has 0 aromatic heterocycles. The summed E-state index contributed by atoms with van der Waals surface area (Å²) in [6.07, 6.45) is 2.56. The molecule has 1 unspecified atom stereocenters. The van der Waals surface area contributed by atoms with Crippen LogP contribution in [0.4, 0.5) is 0 Å². The van der Waals surface area contributed by atoms with Gasteiger partial charge in [0.15, 0.2) is 17.3 Å². The van der Waals surface area contributed by atoms with E-state index in [9.17, 15) is 14.7 Å². The molecule has 2 aromatic carbocycles. The van der Waals surface area contributed by atoms with E-state index >= 15 is 0 Å². The first-order chi connectivity index (χ1) is 15.5. The van der Waals surface area contributed by atoms with E-state index in [0.717, 1.165) is 24.1 Å². The summed E-state index contributed by atoms with van der Waals surface area (Å²) in [5, 5.41) is 13.6. The van der Waals surface area contributed by atoms with Crippen LogP contribution in [0.3, 0.4) is 0 Å². The lowest BCUT2D eigenvalue weighted by molar-refractivity contribution is -0.139. The molecule has 32 heavy (non-hydrogen) atoms. The van der Waals surface area contributed by atoms with Crippen LogP contribution in [0.25, 0.3) is 0 Å². The van der Waals surface area contributed by atoms with Gasteiger partial charge < -0.3 is 19.9 Å². The number of aromatic hydroxyl groups is 1. The van der Waals surface area contributed by atoms with Gasteiger partial charge in [-0.05, 0) is 43.0 Å². The predicted molar refractivity (Wildman–Crippen MR) is 120 cm³/mol. The summed E-state index contributed by atoms with van der Waals surface area (Å²) in [6, 6.07) is 14.8. The molecule has 1 aliphatic heterocycles. The topological polar surface area (TPSA) is 84.9 Å². The molecule has 0 saturated carbocycles. The molecule has 0 bridgehead atoms. The molecule has 2 aromatic rings. The largest absolute Gasteiger partial charge is 0.504 e. The third kappa shape index (κ3) is 4.26. The third-order valence-electron chi connectivity index (χ3n) is 6.00. The number of methoxy groups -OCH3 is 1. The van der Waals surface area contributed by atoms with Gasteiger partial charge in [0.05, 0.1) is 19.3 Å². The molecule has 6 nitrogen and oxygen atoms in total. The highest BCUT2D eigenvalue weighted by Gasteiger charge is 2.39. The summed E-state index contributed by atoms with van der Waals surface area (Å²) < 4.78 is 10.8. The van der Waals surface area contributed by atoms with Crippen LogP contribution in [0.2, 0.25) is 0 Å². The Morgan fingerprint density at radius 1 is 1.16 bits per heavy atom. The molecule has 0 radical (unpaired) electrons. The first-order valence-corrected chi connectivity index (χ1v) is 10.8. The fraction of sp³-hybridized carbons (Fsp3) is 0.308. The zero-order chi connectivity index (χ0) is 22.7. The van der Waals surface area contributed by atoms with E-state index in [0.29, 0.717) is 41.0 Å². The summed E-state index contributed by atoms with van der Waals surface area (Å²) in [6.45, 7) is 2.06. The second kappa shape index (κ2) is 9.30. The summed E-state index contributed by atoms with van der Waals surface area (Å²) in [7, 11) is 1.48.